The van der Waals surface area contributed by atoms with Gasteiger partial charge in [0.05, 0.1) is 19.8 Å². The van der Waals surface area contributed by atoms with Crippen LogP contribution in [0.5, 0.6) is 0 Å². The van der Waals surface area contributed by atoms with Gasteiger partial charge in [0, 0.05) is 0 Å². The largest absolute Gasteiger partial charge is 0.392 e. The topological polar surface area (TPSA) is 60.7 Å². The van der Waals surface area contributed by atoms with Crippen LogP contribution in [0.2, 0.25) is 0 Å². The summed E-state index contributed by atoms with van der Waals surface area (Å²) in [6.07, 6.45) is 10.6. The summed E-state index contributed by atoms with van der Waals surface area (Å²) >= 11 is 0. The van der Waals surface area contributed by atoms with Crippen LogP contribution in [-0.4, -0.2) is 35.1 Å². The van der Waals surface area contributed by atoms with E-state index in [9.17, 15) is 10.2 Å². The molecular weight excluding hydrogens is 288 g/mol. The molecular formula is C20H34O3. The van der Waals surface area contributed by atoms with Gasteiger partial charge < -0.3 is 15.3 Å². The molecule has 1 fully saturated rings. The first-order chi connectivity index (χ1) is 10.9. The quantitative estimate of drug-likeness (QED) is 0.656. The third-order valence-electron chi connectivity index (χ3n) is 6.66. The van der Waals surface area contributed by atoms with E-state index in [1.54, 1.807) is 6.08 Å². The van der Waals surface area contributed by atoms with Crippen LogP contribution < -0.4 is 0 Å². The van der Waals surface area contributed by atoms with E-state index in [-0.39, 0.29) is 25.2 Å². The molecule has 2 aliphatic rings. The van der Waals surface area contributed by atoms with Crippen molar-refractivity contribution < 1.29 is 15.3 Å². The Morgan fingerprint density at radius 1 is 1.22 bits per heavy atom. The van der Waals surface area contributed by atoms with Crippen molar-refractivity contribution in [2.45, 2.75) is 59.3 Å². The molecule has 0 aromatic heterocycles. The molecule has 3 heteroatoms. The van der Waals surface area contributed by atoms with Crippen molar-refractivity contribution in [3.63, 3.8) is 0 Å². The fourth-order valence-corrected chi connectivity index (χ4v) is 5.40. The number of rotatable bonds is 6. The van der Waals surface area contributed by atoms with Gasteiger partial charge in [-0.15, -0.1) is 0 Å². The summed E-state index contributed by atoms with van der Waals surface area (Å²) in [5.41, 5.74) is 2.67. The highest BCUT2D eigenvalue weighted by atomic mass is 16.3. The molecule has 0 heterocycles. The molecule has 0 radical (unpaired) electrons. The molecule has 0 saturated heterocycles. The smallest absolute Gasteiger partial charge is 0.0644 e. The van der Waals surface area contributed by atoms with Gasteiger partial charge in [0.15, 0.2) is 0 Å². The summed E-state index contributed by atoms with van der Waals surface area (Å²) in [5, 5.41) is 28.4. The molecule has 0 bridgehead atoms. The van der Waals surface area contributed by atoms with Gasteiger partial charge in [0.25, 0.3) is 0 Å². The predicted octanol–water partition coefficient (Wildman–Crippen LogP) is 3.45. The average Bonchev–Trinajstić information content (AvgIpc) is 2.50. The number of fused-ring (bicyclic) bond motifs is 1. The lowest BCUT2D eigenvalue weighted by Crippen LogP contribution is -2.49. The normalized spacial score (nSPS) is 34.0. The highest BCUT2D eigenvalue weighted by Crippen LogP contribution is 2.60. The maximum atomic E-state index is 9.85. The van der Waals surface area contributed by atoms with Crippen LogP contribution in [0.4, 0.5) is 0 Å². The van der Waals surface area contributed by atoms with Crippen LogP contribution in [0, 0.1) is 22.7 Å². The Morgan fingerprint density at radius 2 is 1.96 bits per heavy atom. The molecule has 0 unspecified atom stereocenters. The highest BCUT2D eigenvalue weighted by Gasteiger charge is 2.51. The highest BCUT2D eigenvalue weighted by molar-refractivity contribution is 5.21. The van der Waals surface area contributed by atoms with Crippen LogP contribution in [0.15, 0.2) is 23.3 Å². The standard InChI is InChI=1S/C20H34O3/c1-19(2)10-4-11-20(3)17(7-5-15(13-22)9-12-21)16(14-23)6-8-18(19)20/h6,9,17-18,21-23H,4-5,7-8,10-14H2,1-3H3/b15-9-/t17-,18+,20+/m1/s1. The van der Waals surface area contributed by atoms with E-state index >= 15 is 0 Å². The summed E-state index contributed by atoms with van der Waals surface area (Å²) in [7, 11) is 0. The SMILES string of the molecule is CC1(C)CCC[C@@]2(C)[C@H](CC/C(=C/CO)CO)C(CO)=CC[C@@H]12. The second kappa shape index (κ2) is 7.50. The molecule has 0 aromatic carbocycles. The summed E-state index contributed by atoms with van der Waals surface area (Å²) in [4.78, 5) is 0. The number of allylic oxidation sites excluding steroid dienone is 1. The van der Waals surface area contributed by atoms with Crippen molar-refractivity contribution in [1.82, 2.24) is 0 Å². The van der Waals surface area contributed by atoms with Crippen molar-refractivity contribution in [1.29, 1.82) is 0 Å². The van der Waals surface area contributed by atoms with E-state index in [4.69, 9.17) is 5.11 Å². The molecule has 2 rings (SSSR count). The van der Waals surface area contributed by atoms with Crippen LogP contribution in [0.25, 0.3) is 0 Å². The maximum Gasteiger partial charge on any atom is 0.0644 e. The molecule has 2 aliphatic carbocycles. The number of hydrogen-bond donors (Lipinski definition) is 3. The molecule has 0 spiro atoms. The first kappa shape index (κ1) is 18.7. The fourth-order valence-electron chi connectivity index (χ4n) is 5.40. The second-order valence-electron chi connectivity index (χ2n) is 8.37. The van der Waals surface area contributed by atoms with E-state index in [0.29, 0.717) is 17.3 Å². The van der Waals surface area contributed by atoms with Crippen molar-refractivity contribution in [3.8, 4) is 0 Å². The molecule has 3 N–H and O–H groups in total. The summed E-state index contributed by atoms with van der Waals surface area (Å²) in [6.45, 7) is 7.35. The minimum Gasteiger partial charge on any atom is -0.392 e. The Morgan fingerprint density at radius 3 is 2.57 bits per heavy atom. The molecule has 0 aliphatic heterocycles. The number of aliphatic hydroxyl groups excluding tert-OH is 3. The molecule has 0 amide bonds. The lowest BCUT2D eigenvalue weighted by molar-refractivity contribution is -0.0421. The zero-order valence-corrected chi connectivity index (χ0v) is 15.0. The lowest BCUT2D eigenvalue weighted by Gasteiger charge is -2.57. The van der Waals surface area contributed by atoms with E-state index in [0.717, 1.165) is 24.8 Å². The summed E-state index contributed by atoms with van der Waals surface area (Å²) < 4.78 is 0. The lowest BCUT2D eigenvalue weighted by atomic mass is 9.48. The Balaban J connectivity index is 2.24. The van der Waals surface area contributed by atoms with Crippen molar-refractivity contribution in [3.05, 3.63) is 23.3 Å². The van der Waals surface area contributed by atoms with Crippen LogP contribution in [-0.2, 0) is 0 Å². The van der Waals surface area contributed by atoms with Crippen LogP contribution in [0.3, 0.4) is 0 Å². The number of aliphatic hydroxyl groups is 3. The minimum absolute atomic E-state index is 0.0110. The molecule has 0 aromatic rings. The molecule has 132 valence electrons. The van der Waals surface area contributed by atoms with E-state index < -0.39 is 0 Å². The monoisotopic (exact) mass is 322 g/mol. The predicted molar refractivity (Wildman–Crippen MR) is 94.0 cm³/mol. The van der Waals surface area contributed by atoms with E-state index in [1.165, 1.54) is 24.8 Å². The Kier molecular flexibility index (Phi) is 6.10. The molecule has 3 nitrogen and oxygen atoms in total. The minimum atomic E-state index is -0.0177. The Bertz CT molecular complexity index is 464. The van der Waals surface area contributed by atoms with Gasteiger partial charge in [0.1, 0.15) is 0 Å². The van der Waals surface area contributed by atoms with Crippen molar-refractivity contribution in [2.75, 3.05) is 19.8 Å². The van der Waals surface area contributed by atoms with Gasteiger partial charge in [-0.25, -0.2) is 0 Å². The van der Waals surface area contributed by atoms with Gasteiger partial charge in [-0.1, -0.05) is 39.3 Å². The maximum absolute atomic E-state index is 9.85. The fraction of sp³-hybridized carbons (Fsp3) is 0.800. The van der Waals surface area contributed by atoms with Gasteiger partial charge in [-0.05, 0) is 65.9 Å². The summed E-state index contributed by atoms with van der Waals surface area (Å²) in [5.74, 6) is 1.03. The van der Waals surface area contributed by atoms with Crippen LogP contribution >= 0.6 is 0 Å². The van der Waals surface area contributed by atoms with Gasteiger partial charge in [0.2, 0.25) is 0 Å². The Hall–Kier alpha value is -0.640. The van der Waals surface area contributed by atoms with Crippen molar-refractivity contribution in [2.24, 2.45) is 22.7 Å². The zero-order valence-electron chi connectivity index (χ0n) is 15.0. The summed E-state index contributed by atoms with van der Waals surface area (Å²) in [6, 6.07) is 0. The molecule has 3 atom stereocenters. The van der Waals surface area contributed by atoms with Gasteiger partial charge in [-0.2, -0.15) is 0 Å². The number of hydrogen-bond acceptors (Lipinski definition) is 3. The van der Waals surface area contributed by atoms with Crippen molar-refractivity contribution >= 4 is 0 Å². The first-order valence-electron chi connectivity index (χ1n) is 9.08. The third kappa shape index (κ3) is 3.72. The molecule has 23 heavy (non-hydrogen) atoms. The zero-order chi connectivity index (χ0) is 17.1. The van der Waals surface area contributed by atoms with E-state index in [1.807, 2.05) is 0 Å². The van der Waals surface area contributed by atoms with Crippen LogP contribution in [0.1, 0.15) is 59.3 Å². The molecule has 1 saturated carbocycles. The van der Waals surface area contributed by atoms with E-state index in [2.05, 4.69) is 26.8 Å². The Labute approximate surface area is 141 Å². The van der Waals surface area contributed by atoms with Gasteiger partial charge in [-0.3, -0.25) is 0 Å². The first-order valence-corrected chi connectivity index (χ1v) is 9.08. The van der Waals surface area contributed by atoms with Gasteiger partial charge >= 0.3 is 0 Å². The third-order valence-corrected chi connectivity index (χ3v) is 6.66. The average molecular weight is 322 g/mol. The second-order valence-corrected chi connectivity index (χ2v) is 8.37.